The molecule has 8 heteroatoms. The summed E-state index contributed by atoms with van der Waals surface area (Å²) in [7, 11) is 0. The fraction of sp³-hybridized carbons (Fsp3) is 0.286. The van der Waals surface area contributed by atoms with Gasteiger partial charge < -0.3 is 10.1 Å². The molecule has 2 aromatic rings. The van der Waals surface area contributed by atoms with Crippen LogP contribution in [0.3, 0.4) is 0 Å². The molecule has 0 unspecified atom stereocenters. The summed E-state index contributed by atoms with van der Waals surface area (Å²) in [6.45, 7) is 3.37. The molecule has 0 spiro atoms. The van der Waals surface area contributed by atoms with Crippen LogP contribution in [-0.2, 0) is 16.0 Å². The number of carbonyl (C=O) groups excluding carboxylic acids is 2. The van der Waals surface area contributed by atoms with Gasteiger partial charge in [-0.25, -0.2) is 4.79 Å². The molecular formula is C14H14ClN3O3S. The second-order valence-corrected chi connectivity index (χ2v) is 5.64. The first-order valence-corrected chi connectivity index (χ1v) is 7.75. The number of nitrogens with zero attached hydrogens (tertiary/aromatic N) is 2. The highest BCUT2D eigenvalue weighted by Gasteiger charge is 2.22. The monoisotopic (exact) mass is 339 g/mol. The zero-order valence-electron chi connectivity index (χ0n) is 12.0. The van der Waals surface area contributed by atoms with Crippen molar-refractivity contribution in [3.05, 3.63) is 39.9 Å². The van der Waals surface area contributed by atoms with Crippen molar-refractivity contribution in [2.75, 3.05) is 5.32 Å². The molecule has 1 N–H and O–H groups in total. The van der Waals surface area contributed by atoms with E-state index in [0.29, 0.717) is 27.7 Å². The summed E-state index contributed by atoms with van der Waals surface area (Å²) in [6.07, 6.45) is -0.360. The number of nitrogens with one attached hydrogen (secondary N) is 1. The fourth-order valence-corrected chi connectivity index (χ4v) is 2.40. The maximum atomic E-state index is 12.0. The first-order chi connectivity index (χ1) is 10.5. The van der Waals surface area contributed by atoms with E-state index in [9.17, 15) is 9.59 Å². The van der Waals surface area contributed by atoms with Crippen molar-refractivity contribution in [3.63, 3.8) is 0 Å². The maximum absolute atomic E-state index is 12.0. The Morgan fingerprint density at radius 1 is 1.36 bits per heavy atom. The number of anilines is 1. The number of hydrogen-bond acceptors (Lipinski definition) is 6. The lowest BCUT2D eigenvalue weighted by Gasteiger charge is -2.13. The first kappa shape index (κ1) is 16.4. The van der Waals surface area contributed by atoms with E-state index in [1.165, 1.54) is 6.92 Å². The smallest absolute Gasteiger partial charge is 0.352 e. The summed E-state index contributed by atoms with van der Waals surface area (Å²) >= 11 is 6.73. The summed E-state index contributed by atoms with van der Waals surface area (Å²) in [6, 6.07) is 6.64. The van der Waals surface area contributed by atoms with Crippen LogP contribution in [0, 0.1) is 0 Å². The summed E-state index contributed by atoms with van der Waals surface area (Å²) in [4.78, 5) is 24.3. The molecule has 22 heavy (non-hydrogen) atoms. The van der Waals surface area contributed by atoms with Gasteiger partial charge in [-0.3, -0.25) is 4.79 Å². The van der Waals surface area contributed by atoms with E-state index in [4.69, 9.17) is 16.3 Å². The van der Waals surface area contributed by atoms with Crippen LogP contribution >= 0.6 is 23.1 Å². The van der Waals surface area contributed by atoms with Crippen LogP contribution in [0.25, 0.3) is 0 Å². The van der Waals surface area contributed by atoms with Gasteiger partial charge in [0, 0.05) is 10.7 Å². The van der Waals surface area contributed by atoms with Gasteiger partial charge in [-0.05, 0) is 49.1 Å². The highest BCUT2D eigenvalue weighted by molar-refractivity contribution is 7.07. The van der Waals surface area contributed by atoms with Crippen LogP contribution in [0.15, 0.2) is 24.3 Å². The average molecular weight is 340 g/mol. The third kappa shape index (κ3) is 4.02. The Kier molecular flexibility index (Phi) is 5.46. The molecule has 1 amide bonds. The molecule has 1 aromatic heterocycles. The topological polar surface area (TPSA) is 81.2 Å². The van der Waals surface area contributed by atoms with Crippen LogP contribution < -0.4 is 5.32 Å². The van der Waals surface area contributed by atoms with E-state index >= 15 is 0 Å². The highest BCUT2D eigenvalue weighted by Crippen LogP contribution is 2.16. The van der Waals surface area contributed by atoms with Gasteiger partial charge in [0.25, 0.3) is 5.91 Å². The SMILES string of the molecule is CCc1nnsc1C(=O)O[C@H](C)C(=O)Nc1ccc(Cl)cc1. The molecule has 0 aliphatic rings. The Morgan fingerprint density at radius 2 is 2.05 bits per heavy atom. The normalized spacial score (nSPS) is 11.8. The largest absolute Gasteiger partial charge is 0.448 e. The average Bonchev–Trinajstić information content (AvgIpc) is 2.98. The Balaban J connectivity index is 1.96. The number of halogens is 1. The third-order valence-corrected chi connectivity index (χ3v) is 3.84. The summed E-state index contributed by atoms with van der Waals surface area (Å²) < 4.78 is 8.87. The van der Waals surface area contributed by atoms with Gasteiger partial charge in [0.1, 0.15) is 0 Å². The minimum atomic E-state index is -0.935. The number of esters is 1. The van der Waals surface area contributed by atoms with Gasteiger partial charge in [-0.1, -0.05) is 23.0 Å². The Bertz CT molecular complexity index is 672. The Morgan fingerprint density at radius 3 is 2.68 bits per heavy atom. The molecule has 0 aliphatic carbocycles. The van der Waals surface area contributed by atoms with Crippen LogP contribution in [0.2, 0.25) is 5.02 Å². The second-order valence-electron chi connectivity index (χ2n) is 4.45. The van der Waals surface area contributed by atoms with Gasteiger partial charge in [0.15, 0.2) is 11.0 Å². The van der Waals surface area contributed by atoms with Crippen molar-refractivity contribution in [2.45, 2.75) is 26.4 Å². The highest BCUT2D eigenvalue weighted by atomic mass is 35.5. The quantitative estimate of drug-likeness (QED) is 0.847. The number of ether oxygens (including phenoxy) is 1. The third-order valence-electron chi connectivity index (χ3n) is 2.84. The predicted molar refractivity (Wildman–Crippen MR) is 84.2 cm³/mol. The fourth-order valence-electron chi connectivity index (χ4n) is 1.64. The molecule has 116 valence electrons. The lowest BCUT2D eigenvalue weighted by Crippen LogP contribution is -2.30. The number of benzene rings is 1. The standard InChI is InChI=1S/C14H14ClN3O3S/c1-3-11-12(22-18-17-11)14(20)21-8(2)13(19)16-10-6-4-9(15)5-7-10/h4-8H,3H2,1-2H3,(H,16,19)/t8-/m1/s1. The van der Waals surface area contributed by atoms with Crippen LogP contribution in [-0.4, -0.2) is 27.6 Å². The molecule has 0 saturated heterocycles. The number of amides is 1. The van der Waals surface area contributed by atoms with Crippen molar-refractivity contribution in [3.8, 4) is 0 Å². The van der Waals surface area contributed by atoms with E-state index in [1.807, 2.05) is 6.92 Å². The molecule has 0 radical (unpaired) electrons. The van der Waals surface area contributed by atoms with Gasteiger partial charge in [0.2, 0.25) is 0 Å². The predicted octanol–water partition coefficient (Wildman–Crippen LogP) is 2.94. The number of rotatable bonds is 5. The summed E-state index contributed by atoms with van der Waals surface area (Å²) in [5.41, 5.74) is 1.14. The molecule has 0 saturated carbocycles. The lowest BCUT2D eigenvalue weighted by atomic mass is 10.3. The number of aromatic nitrogens is 2. The van der Waals surface area contributed by atoms with E-state index in [1.54, 1.807) is 24.3 Å². The van der Waals surface area contributed by atoms with Crippen molar-refractivity contribution in [1.82, 2.24) is 9.59 Å². The van der Waals surface area contributed by atoms with Gasteiger partial charge in [-0.2, -0.15) is 0 Å². The number of hydrogen-bond donors (Lipinski definition) is 1. The van der Waals surface area contributed by atoms with Gasteiger partial charge >= 0.3 is 5.97 Å². The van der Waals surface area contributed by atoms with Crippen molar-refractivity contribution in [1.29, 1.82) is 0 Å². The number of carbonyl (C=O) groups is 2. The van der Waals surface area contributed by atoms with E-state index in [2.05, 4.69) is 14.9 Å². The van der Waals surface area contributed by atoms with E-state index in [-0.39, 0.29) is 0 Å². The van der Waals surface area contributed by atoms with E-state index in [0.717, 1.165) is 11.5 Å². The number of aryl methyl sites for hydroxylation is 1. The molecule has 2 rings (SSSR count). The summed E-state index contributed by atoms with van der Waals surface area (Å²) in [5.74, 6) is -1.02. The Labute approximate surface area is 136 Å². The Hall–Kier alpha value is -1.99. The molecule has 0 fully saturated rings. The van der Waals surface area contributed by atoms with E-state index < -0.39 is 18.0 Å². The molecule has 1 atom stereocenters. The van der Waals surface area contributed by atoms with Crippen molar-refractivity contribution in [2.24, 2.45) is 0 Å². The van der Waals surface area contributed by atoms with Crippen LogP contribution in [0.1, 0.15) is 29.2 Å². The zero-order chi connectivity index (χ0) is 16.1. The molecule has 1 heterocycles. The first-order valence-electron chi connectivity index (χ1n) is 6.60. The van der Waals surface area contributed by atoms with Crippen LogP contribution in [0.5, 0.6) is 0 Å². The minimum absolute atomic E-state index is 0.327. The van der Waals surface area contributed by atoms with Gasteiger partial charge in [-0.15, -0.1) is 5.10 Å². The zero-order valence-corrected chi connectivity index (χ0v) is 13.6. The van der Waals surface area contributed by atoms with Gasteiger partial charge in [0.05, 0.1) is 5.69 Å². The maximum Gasteiger partial charge on any atom is 0.352 e. The molecule has 1 aromatic carbocycles. The molecule has 6 nitrogen and oxygen atoms in total. The molecular weight excluding hydrogens is 326 g/mol. The molecule has 0 bridgehead atoms. The molecule has 0 aliphatic heterocycles. The summed E-state index contributed by atoms with van der Waals surface area (Å²) in [5, 5.41) is 7.06. The second kappa shape index (κ2) is 7.33. The lowest BCUT2D eigenvalue weighted by molar-refractivity contribution is -0.123. The van der Waals surface area contributed by atoms with Crippen molar-refractivity contribution < 1.29 is 14.3 Å². The van der Waals surface area contributed by atoms with Crippen LogP contribution in [0.4, 0.5) is 5.69 Å². The minimum Gasteiger partial charge on any atom is -0.448 e. The van der Waals surface area contributed by atoms with Crippen molar-refractivity contribution >= 4 is 40.7 Å².